The van der Waals surface area contributed by atoms with Crippen molar-refractivity contribution in [3.8, 4) is 6.07 Å². The highest BCUT2D eigenvalue weighted by molar-refractivity contribution is 5.82. The summed E-state index contributed by atoms with van der Waals surface area (Å²) in [5.41, 5.74) is 1.19. The fourth-order valence-corrected chi connectivity index (χ4v) is 1.58. The Morgan fingerprint density at radius 3 is 2.58 bits per heavy atom. The van der Waals surface area contributed by atoms with Gasteiger partial charge in [0.1, 0.15) is 5.54 Å². The van der Waals surface area contributed by atoms with Gasteiger partial charge in [0.05, 0.1) is 12.6 Å². The molecule has 1 atom stereocenters. The molecule has 19 heavy (non-hydrogen) atoms. The molecule has 0 aliphatic carbocycles. The van der Waals surface area contributed by atoms with E-state index >= 15 is 0 Å². The maximum atomic E-state index is 11.9. The molecule has 0 aromatic heterocycles. The SMILES string of the molecule is Cc1ccccc1NCC(=O)NC(C)(C#N)C(C)C. The summed E-state index contributed by atoms with van der Waals surface area (Å²) < 4.78 is 0. The number of hydrogen-bond acceptors (Lipinski definition) is 3. The highest BCUT2D eigenvalue weighted by atomic mass is 16.2. The van der Waals surface area contributed by atoms with E-state index in [0.29, 0.717) is 0 Å². The molecule has 0 saturated heterocycles. The summed E-state index contributed by atoms with van der Waals surface area (Å²) in [6, 6.07) is 9.93. The first-order valence-electron chi connectivity index (χ1n) is 6.41. The lowest BCUT2D eigenvalue weighted by Gasteiger charge is -2.27. The van der Waals surface area contributed by atoms with Crippen LogP contribution in [0.15, 0.2) is 24.3 Å². The van der Waals surface area contributed by atoms with Crippen molar-refractivity contribution >= 4 is 11.6 Å². The topological polar surface area (TPSA) is 64.9 Å². The summed E-state index contributed by atoms with van der Waals surface area (Å²) in [5.74, 6) is -0.124. The molecule has 0 aliphatic rings. The average molecular weight is 259 g/mol. The first-order chi connectivity index (χ1) is 8.89. The van der Waals surface area contributed by atoms with E-state index in [2.05, 4.69) is 16.7 Å². The molecule has 2 N–H and O–H groups in total. The van der Waals surface area contributed by atoms with Gasteiger partial charge in [-0.25, -0.2) is 0 Å². The molecule has 0 spiro atoms. The highest BCUT2D eigenvalue weighted by Gasteiger charge is 2.29. The van der Waals surface area contributed by atoms with Crippen LogP contribution in [-0.4, -0.2) is 18.0 Å². The van der Waals surface area contributed by atoms with E-state index in [1.54, 1.807) is 6.92 Å². The smallest absolute Gasteiger partial charge is 0.240 e. The number of benzene rings is 1. The van der Waals surface area contributed by atoms with Crippen LogP contribution in [0.4, 0.5) is 5.69 Å². The lowest BCUT2D eigenvalue weighted by atomic mass is 9.90. The van der Waals surface area contributed by atoms with Crippen molar-refractivity contribution in [3.63, 3.8) is 0 Å². The van der Waals surface area contributed by atoms with Crippen molar-refractivity contribution < 1.29 is 4.79 Å². The fraction of sp³-hybridized carbons (Fsp3) is 0.467. The molecule has 1 amide bonds. The average Bonchev–Trinajstić information content (AvgIpc) is 2.37. The number of anilines is 1. The van der Waals surface area contributed by atoms with E-state index in [1.807, 2.05) is 45.0 Å². The minimum Gasteiger partial charge on any atom is -0.376 e. The van der Waals surface area contributed by atoms with Crippen LogP contribution >= 0.6 is 0 Å². The van der Waals surface area contributed by atoms with Crippen LogP contribution in [0, 0.1) is 24.2 Å². The molecule has 102 valence electrons. The zero-order valence-electron chi connectivity index (χ0n) is 11.9. The van der Waals surface area contributed by atoms with Gasteiger partial charge in [-0.05, 0) is 31.4 Å². The van der Waals surface area contributed by atoms with Crippen LogP contribution in [0.1, 0.15) is 26.3 Å². The van der Waals surface area contributed by atoms with Crippen LogP contribution in [0.3, 0.4) is 0 Å². The zero-order chi connectivity index (χ0) is 14.5. The Morgan fingerprint density at radius 2 is 2.05 bits per heavy atom. The second-order valence-electron chi connectivity index (χ2n) is 5.19. The summed E-state index contributed by atoms with van der Waals surface area (Å²) in [6.07, 6.45) is 0. The van der Waals surface area contributed by atoms with Gasteiger partial charge in [-0.1, -0.05) is 32.0 Å². The monoisotopic (exact) mass is 259 g/mol. The molecule has 0 aliphatic heterocycles. The van der Waals surface area contributed by atoms with Gasteiger partial charge in [0, 0.05) is 5.69 Å². The molecule has 1 aromatic rings. The Hall–Kier alpha value is -2.02. The van der Waals surface area contributed by atoms with E-state index in [4.69, 9.17) is 5.26 Å². The largest absolute Gasteiger partial charge is 0.376 e. The Balaban J connectivity index is 2.58. The summed E-state index contributed by atoms with van der Waals surface area (Å²) in [4.78, 5) is 11.9. The highest BCUT2D eigenvalue weighted by Crippen LogP contribution is 2.15. The number of hydrogen-bond donors (Lipinski definition) is 2. The number of nitrogens with one attached hydrogen (secondary N) is 2. The standard InChI is InChI=1S/C15H21N3O/c1-11(2)15(4,10-16)18-14(19)9-17-13-8-6-5-7-12(13)3/h5-8,11,17H,9H2,1-4H3,(H,18,19). The minimum absolute atomic E-state index is 0.0555. The zero-order valence-corrected chi connectivity index (χ0v) is 11.9. The van der Waals surface area contributed by atoms with Gasteiger partial charge in [0.2, 0.25) is 5.91 Å². The van der Waals surface area contributed by atoms with E-state index in [-0.39, 0.29) is 18.4 Å². The maximum absolute atomic E-state index is 11.9. The van der Waals surface area contributed by atoms with E-state index in [9.17, 15) is 4.79 Å². The third-order valence-corrected chi connectivity index (χ3v) is 3.37. The number of para-hydroxylation sites is 1. The molecular weight excluding hydrogens is 238 g/mol. The molecule has 0 fully saturated rings. The van der Waals surface area contributed by atoms with Crippen LogP contribution in [-0.2, 0) is 4.79 Å². The van der Waals surface area contributed by atoms with Crippen molar-refractivity contribution in [1.82, 2.24) is 5.32 Å². The van der Waals surface area contributed by atoms with Gasteiger partial charge in [-0.3, -0.25) is 4.79 Å². The molecule has 1 aromatic carbocycles. The number of carbonyl (C=O) groups excluding carboxylic acids is 1. The second kappa shape index (κ2) is 6.24. The van der Waals surface area contributed by atoms with Gasteiger partial charge in [0.25, 0.3) is 0 Å². The van der Waals surface area contributed by atoms with Crippen molar-refractivity contribution in [1.29, 1.82) is 5.26 Å². The van der Waals surface area contributed by atoms with Crippen LogP contribution < -0.4 is 10.6 Å². The number of amides is 1. The lowest BCUT2D eigenvalue weighted by Crippen LogP contribution is -2.50. The van der Waals surface area contributed by atoms with Crippen LogP contribution in [0.2, 0.25) is 0 Å². The van der Waals surface area contributed by atoms with Crippen molar-refractivity contribution in [3.05, 3.63) is 29.8 Å². The first-order valence-corrected chi connectivity index (χ1v) is 6.41. The number of nitrogens with zero attached hydrogens (tertiary/aromatic N) is 1. The predicted octanol–water partition coefficient (Wildman–Crippen LogP) is 2.46. The van der Waals surface area contributed by atoms with Crippen molar-refractivity contribution in [2.75, 3.05) is 11.9 Å². The Bertz CT molecular complexity index is 490. The summed E-state index contributed by atoms with van der Waals surface area (Å²) in [6.45, 7) is 7.71. The molecule has 0 bridgehead atoms. The van der Waals surface area contributed by atoms with Crippen LogP contribution in [0.5, 0.6) is 0 Å². The molecule has 1 unspecified atom stereocenters. The molecular formula is C15H21N3O. The predicted molar refractivity (Wildman–Crippen MR) is 76.7 cm³/mol. The number of nitriles is 1. The quantitative estimate of drug-likeness (QED) is 0.853. The van der Waals surface area contributed by atoms with Gasteiger partial charge >= 0.3 is 0 Å². The Kier molecular flexibility index (Phi) is 4.94. The van der Waals surface area contributed by atoms with E-state index in [1.165, 1.54) is 0 Å². The normalized spacial score (nSPS) is 13.5. The van der Waals surface area contributed by atoms with Crippen molar-refractivity contribution in [2.24, 2.45) is 5.92 Å². The van der Waals surface area contributed by atoms with E-state index in [0.717, 1.165) is 11.3 Å². The minimum atomic E-state index is -0.829. The molecule has 1 rings (SSSR count). The third-order valence-electron chi connectivity index (χ3n) is 3.37. The molecule has 4 nitrogen and oxygen atoms in total. The van der Waals surface area contributed by atoms with Gasteiger partial charge in [-0.2, -0.15) is 5.26 Å². The van der Waals surface area contributed by atoms with Gasteiger partial charge < -0.3 is 10.6 Å². The molecule has 0 saturated carbocycles. The molecule has 0 radical (unpaired) electrons. The molecule has 4 heteroatoms. The number of rotatable bonds is 5. The van der Waals surface area contributed by atoms with Gasteiger partial charge in [0.15, 0.2) is 0 Å². The number of carbonyl (C=O) groups is 1. The number of aryl methyl sites for hydroxylation is 1. The Labute approximate surface area is 114 Å². The van der Waals surface area contributed by atoms with Crippen molar-refractivity contribution in [2.45, 2.75) is 33.2 Å². The molecule has 0 heterocycles. The second-order valence-corrected chi connectivity index (χ2v) is 5.19. The third kappa shape index (κ3) is 3.99. The summed E-state index contributed by atoms with van der Waals surface area (Å²) in [5, 5.41) is 15.0. The maximum Gasteiger partial charge on any atom is 0.240 e. The Morgan fingerprint density at radius 1 is 1.42 bits per heavy atom. The van der Waals surface area contributed by atoms with Gasteiger partial charge in [-0.15, -0.1) is 0 Å². The van der Waals surface area contributed by atoms with Crippen LogP contribution in [0.25, 0.3) is 0 Å². The summed E-state index contributed by atoms with van der Waals surface area (Å²) >= 11 is 0. The summed E-state index contributed by atoms with van der Waals surface area (Å²) in [7, 11) is 0. The fourth-order valence-electron chi connectivity index (χ4n) is 1.58. The lowest BCUT2D eigenvalue weighted by molar-refractivity contribution is -0.121. The first kappa shape index (κ1) is 15.0. The van der Waals surface area contributed by atoms with E-state index < -0.39 is 5.54 Å².